The molecule has 0 saturated carbocycles. The van der Waals surface area contributed by atoms with Gasteiger partial charge < -0.3 is 14.8 Å². The van der Waals surface area contributed by atoms with Crippen molar-refractivity contribution in [2.45, 2.75) is 25.0 Å². The van der Waals surface area contributed by atoms with Crippen LogP contribution in [-0.4, -0.2) is 35.4 Å². The van der Waals surface area contributed by atoms with Crippen molar-refractivity contribution in [3.63, 3.8) is 0 Å². The number of hydrogen-bond acceptors (Lipinski definition) is 6. The van der Waals surface area contributed by atoms with Gasteiger partial charge in [0.1, 0.15) is 11.5 Å². The summed E-state index contributed by atoms with van der Waals surface area (Å²) in [7, 11) is 3.08. The van der Waals surface area contributed by atoms with Crippen LogP contribution in [0, 0.1) is 0 Å². The van der Waals surface area contributed by atoms with E-state index in [-0.39, 0.29) is 17.2 Å². The molecule has 1 amide bonds. The second kappa shape index (κ2) is 9.86. The van der Waals surface area contributed by atoms with Crippen molar-refractivity contribution in [3.8, 4) is 11.5 Å². The Morgan fingerprint density at radius 2 is 2.00 bits per heavy atom. The van der Waals surface area contributed by atoms with E-state index >= 15 is 0 Å². The van der Waals surface area contributed by atoms with E-state index in [0.29, 0.717) is 44.8 Å². The molecule has 0 spiro atoms. The van der Waals surface area contributed by atoms with Gasteiger partial charge in [-0.1, -0.05) is 30.3 Å². The van der Waals surface area contributed by atoms with Crippen LogP contribution in [0.2, 0.25) is 5.02 Å². The first kappa shape index (κ1) is 22.0. The van der Waals surface area contributed by atoms with Crippen molar-refractivity contribution < 1.29 is 14.3 Å². The molecule has 30 heavy (non-hydrogen) atoms. The van der Waals surface area contributed by atoms with Gasteiger partial charge in [-0.3, -0.25) is 14.2 Å². The molecule has 0 aliphatic rings. The van der Waals surface area contributed by atoms with Crippen LogP contribution in [0.3, 0.4) is 0 Å². The number of thioether (sulfide) groups is 1. The largest absolute Gasteiger partial charge is 0.497 e. The first-order valence-corrected chi connectivity index (χ1v) is 10.7. The fourth-order valence-electron chi connectivity index (χ4n) is 2.92. The highest BCUT2D eigenvalue weighted by atomic mass is 35.5. The molecule has 1 heterocycles. The Bertz CT molecular complexity index is 1130. The Balaban J connectivity index is 1.82. The first-order valence-electron chi connectivity index (χ1n) is 9.31. The average Bonchev–Trinajstić information content (AvgIpc) is 2.74. The average molecular weight is 448 g/mol. The monoisotopic (exact) mass is 447 g/mol. The van der Waals surface area contributed by atoms with Gasteiger partial charge >= 0.3 is 0 Å². The molecule has 3 rings (SSSR count). The molecule has 7 nitrogen and oxygen atoms in total. The smallest absolute Gasteiger partial charge is 0.262 e. The Morgan fingerprint density at radius 3 is 2.70 bits per heavy atom. The number of hydrogen-bond donors (Lipinski definition) is 1. The SMILES string of the molecule is CCCn1c(SCC(=O)Nc2ccc(OC)cc2OC)nc2cc(Cl)ccc2c1=O. The molecule has 0 bridgehead atoms. The summed E-state index contributed by atoms with van der Waals surface area (Å²) < 4.78 is 12.1. The van der Waals surface area contributed by atoms with Crippen molar-refractivity contribution in [3.05, 3.63) is 51.8 Å². The van der Waals surface area contributed by atoms with Gasteiger partial charge in [-0.2, -0.15) is 0 Å². The van der Waals surface area contributed by atoms with Gasteiger partial charge in [0.15, 0.2) is 5.16 Å². The number of ether oxygens (including phenoxy) is 2. The number of methoxy groups -OCH3 is 2. The maximum Gasteiger partial charge on any atom is 0.262 e. The van der Waals surface area contributed by atoms with Gasteiger partial charge in [-0.05, 0) is 36.8 Å². The van der Waals surface area contributed by atoms with Gasteiger partial charge in [-0.15, -0.1) is 0 Å². The number of benzene rings is 2. The van der Waals surface area contributed by atoms with Crippen molar-refractivity contribution in [1.82, 2.24) is 9.55 Å². The molecule has 0 atom stereocenters. The number of aromatic nitrogens is 2. The summed E-state index contributed by atoms with van der Waals surface area (Å²) in [4.78, 5) is 30.0. The summed E-state index contributed by atoms with van der Waals surface area (Å²) in [5.74, 6) is 0.958. The molecule has 0 aliphatic carbocycles. The maximum absolute atomic E-state index is 12.9. The molecular weight excluding hydrogens is 426 g/mol. The normalized spacial score (nSPS) is 10.8. The first-order chi connectivity index (χ1) is 14.5. The highest BCUT2D eigenvalue weighted by Crippen LogP contribution is 2.29. The number of anilines is 1. The Morgan fingerprint density at radius 1 is 1.20 bits per heavy atom. The van der Waals surface area contributed by atoms with E-state index < -0.39 is 0 Å². The molecule has 0 aliphatic heterocycles. The topological polar surface area (TPSA) is 82.5 Å². The predicted octanol–water partition coefficient (Wildman–Crippen LogP) is 4.21. The van der Waals surface area contributed by atoms with Gasteiger partial charge in [-0.25, -0.2) is 4.98 Å². The number of carbonyl (C=O) groups is 1. The van der Waals surface area contributed by atoms with E-state index in [9.17, 15) is 9.59 Å². The summed E-state index contributed by atoms with van der Waals surface area (Å²) in [5, 5.41) is 4.31. The molecule has 3 aromatic rings. The van der Waals surface area contributed by atoms with Crippen LogP contribution >= 0.6 is 23.4 Å². The van der Waals surface area contributed by atoms with E-state index in [4.69, 9.17) is 21.1 Å². The fourth-order valence-corrected chi connectivity index (χ4v) is 3.91. The minimum Gasteiger partial charge on any atom is -0.497 e. The summed E-state index contributed by atoms with van der Waals surface area (Å²) in [5.41, 5.74) is 0.908. The minimum atomic E-state index is -0.244. The lowest BCUT2D eigenvalue weighted by Crippen LogP contribution is -2.24. The van der Waals surface area contributed by atoms with Crippen molar-refractivity contribution in [2.75, 3.05) is 25.3 Å². The van der Waals surface area contributed by atoms with Crippen molar-refractivity contribution in [1.29, 1.82) is 0 Å². The van der Waals surface area contributed by atoms with Crippen LogP contribution < -0.4 is 20.3 Å². The molecule has 0 radical (unpaired) electrons. The number of nitrogens with zero attached hydrogens (tertiary/aromatic N) is 2. The zero-order valence-corrected chi connectivity index (χ0v) is 18.5. The standard InChI is InChI=1S/C21H22ClN3O4S/c1-4-9-25-20(27)15-7-5-13(22)10-17(15)24-21(25)30-12-19(26)23-16-8-6-14(28-2)11-18(16)29-3/h5-8,10-11H,4,9,12H2,1-3H3,(H,23,26). The third-order valence-electron chi connectivity index (χ3n) is 4.34. The summed E-state index contributed by atoms with van der Waals surface area (Å²) in [6.45, 7) is 2.50. The van der Waals surface area contributed by atoms with Gasteiger partial charge in [0.25, 0.3) is 5.56 Å². The van der Waals surface area contributed by atoms with Crippen molar-refractivity contribution in [2.24, 2.45) is 0 Å². The van der Waals surface area contributed by atoms with Gasteiger partial charge in [0.2, 0.25) is 5.91 Å². The quantitative estimate of drug-likeness (QED) is 0.411. The molecule has 9 heteroatoms. The minimum absolute atomic E-state index is 0.0808. The zero-order chi connectivity index (χ0) is 21.7. The molecule has 0 saturated heterocycles. The lowest BCUT2D eigenvalue weighted by Gasteiger charge is -2.13. The molecule has 1 N–H and O–H groups in total. The van der Waals surface area contributed by atoms with Crippen LogP contribution in [0.25, 0.3) is 10.9 Å². The molecular formula is C21H22ClN3O4S. The number of halogens is 1. The number of nitrogens with one attached hydrogen (secondary N) is 1. The van der Waals surface area contributed by atoms with Crippen LogP contribution in [0.1, 0.15) is 13.3 Å². The number of amides is 1. The fraction of sp³-hybridized carbons (Fsp3) is 0.286. The molecule has 158 valence electrons. The van der Waals surface area contributed by atoms with Crippen molar-refractivity contribution >= 4 is 45.9 Å². The highest BCUT2D eigenvalue weighted by molar-refractivity contribution is 7.99. The summed E-state index contributed by atoms with van der Waals surface area (Å²) >= 11 is 7.25. The van der Waals surface area contributed by atoms with Crippen LogP contribution in [0.5, 0.6) is 11.5 Å². The summed E-state index contributed by atoms with van der Waals surface area (Å²) in [6.07, 6.45) is 0.767. The van der Waals surface area contributed by atoms with E-state index in [0.717, 1.165) is 6.42 Å². The lowest BCUT2D eigenvalue weighted by atomic mass is 10.2. The van der Waals surface area contributed by atoms with E-state index in [1.165, 1.54) is 18.9 Å². The second-order valence-electron chi connectivity index (χ2n) is 6.42. The highest BCUT2D eigenvalue weighted by Gasteiger charge is 2.14. The van der Waals surface area contributed by atoms with Crippen LogP contribution in [-0.2, 0) is 11.3 Å². The van der Waals surface area contributed by atoms with Gasteiger partial charge in [0, 0.05) is 17.6 Å². The van der Waals surface area contributed by atoms with E-state index in [1.54, 1.807) is 48.1 Å². The second-order valence-corrected chi connectivity index (χ2v) is 7.79. The Labute approximate surface area is 183 Å². The Hall–Kier alpha value is -2.71. The Kier molecular flexibility index (Phi) is 7.23. The number of rotatable bonds is 8. The summed E-state index contributed by atoms with van der Waals surface area (Å²) in [6, 6.07) is 10.1. The van der Waals surface area contributed by atoms with E-state index in [2.05, 4.69) is 10.3 Å². The third-order valence-corrected chi connectivity index (χ3v) is 5.56. The molecule has 2 aromatic carbocycles. The zero-order valence-electron chi connectivity index (χ0n) is 16.9. The number of carbonyl (C=O) groups excluding carboxylic acids is 1. The molecule has 0 unspecified atom stereocenters. The molecule has 1 aromatic heterocycles. The molecule has 0 fully saturated rings. The van der Waals surface area contributed by atoms with E-state index in [1.807, 2.05) is 6.92 Å². The third kappa shape index (κ3) is 4.88. The lowest BCUT2D eigenvalue weighted by molar-refractivity contribution is -0.113. The maximum atomic E-state index is 12.9. The van der Waals surface area contributed by atoms with Crippen LogP contribution in [0.4, 0.5) is 5.69 Å². The van der Waals surface area contributed by atoms with Gasteiger partial charge in [0.05, 0.1) is 36.6 Å². The number of fused-ring (bicyclic) bond motifs is 1. The predicted molar refractivity (Wildman–Crippen MR) is 120 cm³/mol. The van der Waals surface area contributed by atoms with Crippen LogP contribution in [0.15, 0.2) is 46.3 Å².